The van der Waals surface area contributed by atoms with Gasteiger partial charge >= 0.3 is 0 Å². The van der Waals surface area contributed by atoms with E-state index in [1.54, 1.807) is 0 Å². The molecule has 0 radical (unpaired) electrons. The van der Waals surface area contributed by atoms with E-state index >= 15 is 0 Å². The zero-order valence-electron chi connectivity index (χ0n) is 15.3. The van der Waals surface area contributed by atoms with Crippen LogP contribution in [-0.2, 0) is 9.59 Å². The Balaban J connectivity index is 1.54. The van der Waals surface area contributed by atoms with Gasteiger partial charge in [0.2, 0.25) is 11.8 Å². The summed E-state index contributed by atoms with van der Waals surface area (Å²) in [5.74, 6) is 0.716. The van der Waals surface area contributed by atoms with Crippen LogP contribution < -0.4 is 10.6 Å². The second-order valence-electron chi connectivity index (χ2n) is 9.62. The van der Waals surface area contributed by atoms with Gasteiger partial charge < -0.3 is 15.5 Å². The van der Waals surface area contributed by atoms with E-state index in [0.717, 1.165) is 25.8 Å². The van der Waals surface area contributed by atoms with E-state index in [1.165, 1.54) is 11.3 Å². The van der Waals surface area contributed by atoms with Gasteiger partial charge in [0.25, 0.3) is 0 Å². The molecule has 0 unspecified atom stereocenters. The molecular formula is C21H25N3O2. The van der Waals surface area contributed by atoms with Crippen molar-refractivity contribution >= 4 is 17.5 Å². The maximum atomic E-state index is 13.6. The monoisotopic (exact) mass is 351 g/mol. The average Bonchev–Trinajstić information content (AvgIpc) is 3.20. The zero-order chi connectivity index (χ0) is 17.9. The summed E-state index contributed by atoms with van der Waals surface area (Å²) in [7, 11) is 0. The van der Waals surface area contributed by atoms with Crippen LogP contribution in [0.15, 0.2) is 24.3 Å². The van der Waals surface area contributed by atoms with Gasteiger partial charge in [0.15, 0.2) is 0 Å². The number of hydrogen-bond acceptors (Lipinski definition) is 3. The first-order valence-electron chi connectivity index (χ1n) is 9.90. The Bertz CT molecular complexity index is 865. The molecule has 6 aliphatic rings. The van der Waals surface area contributed by atoms with Crippen molar-refractivity contribution in [3.05, 3.63) is 29.8 Å². The Morgan fingerprint density at radius 1 is 1.15 bits per heavy atom. The molecule has 5 fully saturated rings. The molecule has 2 amide bonds. The number of carbonyl (C=O) groups is 2. The number of para-hydroxylation sites is 1. The van der Waals surface area contributed by atoms with Gasteiger partial charge in [-0.3, -0.25) is 9.59 Å². The van der Waals surface area contributed by atoms with Gasteiger partial charge in [-0.05, 0) is 42.7 Å². The lowest BCUT2D eigenvalue weighted by atomic mass is 9.48. The Morgan fingerprint density at radius 2 is 1.96 bits per heavy atom. The minimum Gasteiger partial charge on any atom is -0.381 e. The molecule has 5 heteroatoms. The highest BCUT2D eigenvalue weighted by Gasteiger charge is 2.74. The highest BCUT2D eigenvalue weighted by molar-refractivity contribution is 6.05. The second kappa shape index (κ2) is 4.26. The fraction of sp³-hybridized carbons (Fsp3) is 0.619. The summed E-state index contributed by atoms with van der Waals surface area (Å²) in [6.45, 7) is 5.33. The number of piperazine rings is 1. The third-order valence-corrected chi connectivity index (χ3v) is 8.33. The van der Waals surface area contributed by atoms with Crippen LogP contribution in [0.4, 0.5) is 5.69 Å². The fourth-order valence-corrected chi connectivity index (χ4v) is 7.15. The molecule has 2 spiro atoms. The summed E-state index contributed by atoms with van der Waals surface area (Å²) >= 11 is 0. The topological polar surface area (TPSA) is 61.4 Å². The molecule has 1 aromatic rings. The van der Waals surface area contributed by atoms with E-state index in [1.807, 2.05) is 4.90 Å². The van der Waals surface area contributed by atoms with E-state index in [9.17, 15) is 9.59 Å². The molecule has 136 valence electrons. The Kier molecular flexibility index (Phi) is 2.47. The van der Waals surface area contributed by atoms with Gasteiger partial charge in [-0.15, -0.1) is 0 Å². The standard InChI is InChI=1S/C21H25N3O2/c1-19(2)15-11-20-8-5-9-24(20)18(26)21(15,23-17(20)25)10-13-12-6-3-4-7-14(12)22-16(13)19/h3-4,6-7,13,15-16,22H,5,8-11H2,1-2H3,(H,23,25)/t13-,15+,16+,20+,21+/m0/s1. The molecule has 4 saturated heterocycles. The Labute approximate surface area is 153 Å². The molecule has 1 saturated carbocycles. The molecule has 7 rings (SSSR count). The second-order valence-corrected chi connectivity index (χ2v) is 9.62. The van der Waals surface area contributed by atoms with Crippen LogP contribution in [0, 0.1) is 11.3 Å². The van der Waals surface area contributed by atoms with Gasteiger partial charge in [-0.1, -0.05) is 32.0 Å². The molecule has 2 N–H and O–H groups in total. The van der Waals surface area contributed by atoms with Gasteiger partial charge in [0, 0.05) is 30.1 Å². The summed E-state index contributed by atoms with van der Waals surface area (Å²) in [4.78, 5) is 28.7. The van der Waals surface area contributed by atoms with Crippen molar-refractivity contribution in [3.63, 3.8) is 0 Å². The van der Waals surface area contributed by atoms with Crippen LogP contribution in [0.25, 0.3) is 0 Å². The van der Waals surface area contributed by atoms with E-state index in [0.29, 0.717) is 12.5 Å². The largest absolute Gasteiger partial charge is 0.381 e. The average molecular weight is 351 g/mol. The SMILES string of the molecule is CC1(C)[C@@H]2Nc3ccccc3[C@@H]2C[C@]23NC(=O)[C@@]4(CCCN4C2=O)C[C@H]13. The maximum absolute atomic E-state index is 13.6. The van der Waals surface area contributed by atoms with Crippen LogP contribution >= 0.6 is 0 Å². The smallest absolute Gasteiger partial charge is 0.249 e. The molecule has 5 atom stereocenters. The number of hydrogen-bond donors (Lipinski definition) is 2. The first-order chi connectivity index (χ1) is 12.4. The maximum Gasteiger partial charge on any atom is 0.249 e. The lowest BCUT2D eigenvalue weighted by molar-refractivity contribution is -0.187. The normalized spacial score (nSPS) is 43.9. The lowest BCUT2D eigenvalue weighted by Crippen LogP contribution is -2.85. The third kappa shape index (κ3) is 1.40. The Hall–Kier alpha value is -2.04. The number of piperidine rings is 2. The molecule has 5 nitrogen and oxygen atoms in total. The van der Waals surface area contributed by atoms with Crippen LogP contribution in [0.5, 0.6) is 0 Å². The molecule has 1 aliphatic carbocycles. The third-order valence-electron chi connectivity index (χ3n) is 8.33. The first-order valence-corrected chi connectivity index (χ1v) is 9.90. The number of rotatable bonds is 0. The summed E-state index contributed by atoms with van der Waals surface area (Å²) in [6.07, 6.45) is 3.29. The van der Waals surface area contributed by atoms with Gasteiger partial charge in [0.05, 0.1) is 0 Å². The van der Waals surface area contributed by atoms with Crippen molar-refractivity contribution in [1.82, 2.24) is 10.2 Å². The number of fused-ring (bicyclic) bond motifs is 4. The van der Waals surface area contributed by atoms with Crippen molar-refractivity contribution in [2.24, 2.45) is 11.3 Å². The van der Waals surface area contributed by atoms with Crippen molar-refractivity contribution in [1.29, 1.82) is 0 Å². The van der Waals surface area contributed by atoms with E-state index < -0.39 is 11.1 Å². The summed E-state index contributed by atoms with van der Waals surface area (Å²) in [5, 5.41) is 7.05. The Morgan fingerprint density at radius 3 is 2.81 bits per heavy atom. The molecule has 26 heavy (non-hydrogen) atoms. The first kappa shape index (κ1) is 15.1. The van der Waals surface area contributed by atoms with Crippen molar-refractivity contribution in [3.8, 4) is 0 Å². The summed E-state index contributed by atoms with van der Waals surface area (Å²) < 4.78 is 0. The molecule has 5 aliphatic heterocycles. The molecular weight excluding hydrogens is 326 g/mol. The van der Waals surface area contributed by atoms with Gasteiger partial charge in [-0.25, -0.2) is 0 Å². The highest BCUT2D eigenvalue weighted by Crippen LogP contribution is 2.64. The van der Waals surface area contributed by atoms with Gasteiger partial charge in [0.1, 0.15) is 11.1 Å². The fourth-order valence-electron chi connectivity index (χ4n) is 7.15. The molecule has 5 heterocycles. The van der Waals surface area contributed by atoms with E-state index in [4.69, 9.17) is 0 Å². The minimum absolute atomic E-state index is 0.0764. The van der Waals surface area contributed by atoms with E-state index in [2.05, 4.69) is 48.7 Å². The zero-order valence-corrected chi connectivity index (χ0v) is 15.3. The van der Waals surface area contributed by atoms with Crippen molar-refractivity contribution in [2.45, 2.75) is 62.6 Å². The predicted octanol–water partition coefficient (Wildman–Crippen LogP) is 2.24. The quantitative estimate of drug-likeness (QED) is 0.754. The lowest BCUT2D eigenvalue weighted by Gasteiger charge is -2.66. The summed E-state index contributed by atoms with van der Waals surface area (Å²) in [5.41, 5.74) is 1.10. The van der Waals surface area contributed by atoms with E-state index in [-0.39, 0.29) is 29.1 Å². The van der Waals surface area contributed by atoms with Crippen LogP contribution in [0.2, 0.25) is 0 Å². The molecule has 1 aromatic carbocycles. The number of nitrogens with one attached hydrogen (secondary N) is 2. The minimum atomic E-state index is -0.729. The van der Waals surface area contributed by atoms with Gasteiger partial charge in [-0.2, -0.15) is 0 Å². The van der Waals surface area contributed by atoms with Crippen molar-refractivity contribution < 1.29 is 9.59 Å². The number of nitrogens with zero attached hydrogens (tertiary/aromatic N) is 1. The number of anilines is 1. The van der Waals surface area contributed by atoms with Crippen LogP contribution in [-0.4, -0.2) is 40.4 Å². The summed E-state index contributed by atoms with van der Waals surface area (Å²) in [6, 6.07) is 8.77. The van der Waals surface area contributed by atoms with Crippen LogP contribution in [0.1, 0.15) is 51.0 Å². The number of carbonyl (C=O) groups excluding carboxylic acids is 2. The number of benzene rings is 1. The predicted molar refractivity (Wildman–Crippen MR) is 97.7 cm³/mol. The molecule has 2 bridgehead atoms. The highest BCUT2D eigenvalue weighted by atomic mass is 16.2. The molecule has 0 aromatic heterocycles. The number of amides is 2. The van der Waals surface area contributed by atoms with Crippen molar-refractivity contribution in [2.75, 3.05) is 11.9 Å². The van der Waals surface area contributed by atoms with Crippen LogP contribution in [0.3, 0.4) is 0 Å².